The number of nitrogens with zero attached hydrogens (tertiary/aromatic N) is 1. The number of carbonyl (C=O) groups excluding carboxylic acids is 2. The molecule has 2 N–H and O–H groups in total. The van der Waals surface area contributed by atoms with Crippen LogP contribution in [0.5, 0.6) is 5.75 Å². The Balaban J connectivity index is 2.15. The zero-order chi connectivity index (χ0) is 17.7. The van der Waals surface area contributed by atoms with Crippen LogP contribution in [0.1, 0.15) is 34.8 Å². The minimum Gasteiger partial charge on any atom is -0.495 e. The van der Waals surface area contributed by atoms with Crippen LogP contribution in [0.15, 0.2) is 36.4 Å². The van der Waals surface area contributed by atoms with Crippen molar-refractivity contribution in [1.82, 2.24) is 10.3 Å². The van der Waals surface area contributed by atoms with Crippen LogP contribution in [-0.4, -0.2) is 29.9 Å². The fourth-order valence-electron chi connectivity index (χ4n) is 1.96. The van der Waals surface area contributed by atoms with Gasteiger partial charge in [-0.1, -0.05) is 17.7 Å². The third kappa shape index (κ3) is 4.45. The van der Waals surface area contributed by atoms with Crippen molar-refractivity contribution >= 4 is 29.1 Å². The van der Waals surface area contributed by atoms with E-state index in [9.17, 15) is 9.59 Å². The van der Waals surface area contributed by atoms with E-state index in [-0.39, 0.29) is 23.3 Å². The highest BCUT2D eigenvalue weighted by molar-refractivity contribution is 6.32. The number of hydrogen-bond acceptors (Lipinski definition) is 4. The van der Waals surface area contributed by atoms with Crippen LogP contribution in [0.4, 0.5) is 5.69 Å². The maximum atomic E-state index is 12.3. The lowest BCUT2D eigenvalue weighted by atomic mass is 10.2. The molecular formula is C17H18ClN3O3. The smallest absolute Gasteiger partial charge is 0.274 e. The number of ether oxygens (including phenoxy) is 1. The fraction of sp³-hybridized carbons (Fsp3) is 0.235. The molecule has 24 heavy (non-hydrogen) atoms. The second-order valence-corrected chi connectivity index (χ2v) is 5.75. The van der Waals surface area contributed by atoms with Gasteiger partial charge in [-0.15, -0.1) is 0 Å². The van der Waals surface area contributed by atoms with Gasteiger partial charge in [-0.2, -0.15) is 0 Å². The van der Waals surface area contributed by atoms with E-state index in [1.54, 1.807) is 30.3 Å². The van der Waals surface area contributed by atoms with E-state index < -0.39 is 5.91 Å². The molecular weight excluding hydrogens is 330 g/mol. The average Bonchev–Trinajstić information content (AvgIpc) is 2.54. The number of pyridine rings is 1. The van der Waals surface area contributed by atoms with Gasteiger partial charge in [0.1, 0.15) is 17.1 Å². The molecule has 7 heteroatoms. The summed E-state index contributed by atoms with van der Waals surface area (Å²) in [6.45, 7) is 3.70. The highest BCUT2D eigenvalue weighted by Crippen LogP contribution is 2.27. The van der Waals surface area contributed by atoms with Gasteiger partial charge in [-0.3, -0.25) is 9.59 Å². The third-order valence-corrected chi connectivity index (χ3v) is 3.34. The maximum Gasteiger partial charge on any atom is 0.274 e. The standard InChI is InChI=1S/C17H18ClN3O3/c1-10(2)19-16(22)13-5-4-6-14(21-13)17(23)20-11-7-8-15(24-3)12(18)9-11/h4-10H,1-3H3,(H,19,22)(H,20,23). The van der Waals surface area contributed by atoms with Crippen molar-refractivity contribution in [2.75, 3.05) is 12.4 Å². The Hall–Kier alpha value is -2.60. The van der Waals surface area contributed by atoms with E-state index in [4.69, 9.17) is 16.3 Å². The summed E-state index contributed by atoms with van der Waals surface area (Å²) in [7, 11) is 1.51. The molecule has 1 aromatic heterocycles. The number of carbonyl (C=O) groups is 2. The molecule has 2 amide bonds. The summed E-state index contributed by atoms with van der Waals surface area (Å²) < 4.78 is 5.06. The predicted octanol–water partition coefficient (Wildman–Crippen LogP) is 3.13. The van der Waals surface area contributed by atoms with Gasteiger partial charge in [0.15, 0.2) is 0 Å². The van der Waals surface area contributed by atoms with Gasteiger partial charge in [0.2, 0.25) is 0 Å². The van der Waals surface area contributed by atoms with Crippen molar-refractivity contribution in [3.8, 4) is 5.75 Å². The Kier molecular flexibility index (Phi) is 5.76. The van der Waals surface area contributed by atoms with Crippen LogP contribution in [0.2, 0.25) is 5.02 Å². The van der Waals surface area contributed by atoms with E-state index >= 15 is 0 Å². The van der Waals surface area contributed by atoms with Crippen LogP contribution in [-0.2, 0) is 0 Å². The first-order chi connectivity index (χ1) is 11.4. The quantitative estimate of drug-likeness (QED) is 0.870. The molecule has 0 aliphatic rings. The molecule has 0 fully saturated rings. The van der Waals surface area contributed by atoms with Crippen LogP contribution < -0.4 is 15.4 Å². The average molecular weight is 348 g/mol. The molecule has 0 saturated heterocycles. The van der Waals surface area contributed by atoms with E-state index in [1.807, 2.05) is 13.8 Å². The molecule has 0 spiro atoms. The predicted molar refractivity (Wildman–Crippen MR) is 92.8 cm³/mol. The Morgan fingerprint density at radius 1 is 1.12 bits per heavy atom. The van der Waals surface area contributed by atoms with Crippen LogP contribution in [0.25, 0.3) is 0 Å². The van der Waals surface area contributed by atoms with Crippen molar-refractivity contribution in [2.24, 2.45) is 0 Å². The highest BCUT2D eigenvalue weighted by Gasteiger charge is 2.13. The topological polar surface area (TPSA) is 80.3 Å². The summed E-state index contributed by atoms with van der Waals surface area (Å²) in [5.74, 6) is -0.247. The summed E-state index contributed by atoms with van der Waals surface area (Å²) in [4.78, 5) is 28.4. The van der Waals surface area contributed by atoms with Crippen molar-refractivity contribution in [2.45, 2.75) is 19.9 Å². The zero-order valence-corrected chi connectivity index (χ0v) is 14.3. The SMILES string of the molecule is COc1ccc(NC(=O)c2cccc(C(=O)NC(C)C)n2)cc1Cl. The van der Waals surface area contributed by atoms with Crippen molar-refractivity contribution < 1.29 is 14.3 Å². The van der Waals surface area contributed by atoms with Gasteiger partial charge < -0.3 is 15.4 Å². The van der Waals surface area contributed by atoms with Gasteiger partial charge in [0, 0.05) is 11.7 Å². The number of methoxy groups -OCH3 is 1. The van der Waals surface area contributed by atoms with Gasteiger partial charge in [0.05, 0.1) is 12.1 Å². The summed E-state index contributed by atoms with van der Waals surface area (Å²) in [5.41, 5.74) is 0.826. The number of amides is 2. The van der Waals surface area contributed by atoms with E-state index in [0.29, 0.717) is 16.5 Å². The third-order valence-electron chi connectivity index (χ3n) is 3.04. The van der Waals surface area contributed by atoms with E-state index in [0.717, 1.165) is 0 Å². The Labute approximate surface area is 145 Å². The Bertz CT molecular complexity index is 762. The van der Waals surface area contributed by atoms with Crippen LogP contribution >= 0.6 is 11.6 Å². The Morgan fingerprint density at radius 3 is 2.38 bits per heavy atom. The molecule has 0 bridgehead atoms. The monoisotopic (exact) mass is 347 g/mol. The zero-order valence-electron chi connectivity index (χ0n) is 13.6. The van der Waals surface area contributed by atoms with Gasteiger partial charge in [0.25, 0.3) is 11.8 Å². The number of hydrogen-bond donors (Lipinski definition) is 2. The first kappa shape index (κ1) is 17.7. The molecule has 1 aromatic carbocycles. The number of nitrogens with one attached hydrogen (secondary N) is 2. The minimum absolute atomic E-state index is 0.0155. The number of rotatable bonds is 5. The summed E-state index contributed by atoms with van der Waals surface area (Å²) in [6, 6.07) is 9.57. The summed E-state index contributed by atoms with van der Waals surface area (Å²) in [5, 5.41) is 5.80. The second-order valence-electron chi connectivity index (χ2n) is 5.34. The van der Waals surface area contributed by atoms with Crippen molar-refractivity contribution in [3.05, 3.63) is 52.8 Å². The minimum atomic E-state index is -0.435. The lowest BCUT2D eigenvalue weighted by Gasteiger charge is -2.10. The molecule has 0 aliphatic carbocycles. The molecule has 0 radical (unpaired) electrons. The lowest BCUT2D eigenvalue weighted by Crippen LogP contribution is -2.31. The molecule has 0 saturated carbocycles. The molecule has 126 valence electrons. The van der Waals surface area contributed by atoms with Gasteiger partial charge in [-0.25, -0.2) is 4.98 Å². The largest absolute Gasteiger partial charge is 0.495 e. The summed E-state index contributed by atoms with van der Waals surface area (Å²) >= 11 is 6.03. The first-order valence-corrected chi connectivity index (χ1v) is 7.71. The number of anilines is 1. The number of benzene rings is 1. The maximum absolute atomic E-state index is 12.3. The first-order valence-electron chi connectivity index (χ1n) is 7.33. The molecule has 2 aromatic rings. The van der Waals surface area contributed by atoms with Crippen molar-refractivity contribution in [1.29, 1.82) is 0 Å². The molecule has 6 nitrogen and oxygen atoms in total. The van der Waals surface area contributed by atoms with Gasteiger partial charge in [-0.05, 0) is 44.2 Å². The second kappa shape index (κ2) is 7.79. The van der Waals surface area contributed by atoms with E-state index in [1.165, 1.54) is 13.2 Å². The molecule has 0 unspecified atom stereocenters. The normalized spacial score (nSPS) is 10.4. The molecule has 0 aliphatic heterocycles. The van der Waals surface area contributed by atoms with Crippen molar-refractivity contribution in [3.63, 3.8) is 0 Å². The van der Waals surface area contributed by atoms with E-state index in [2.05, 4.69) is 15.6 Å². The molecule has 1 heterocycles. The molecule has 0 atom stereocenters. The summed E-state index contributed by atoms with van der Waals surface area (Å²) in [6.07, 6.45) is 0. The van der Waals surface area contributed by atoms with Crippen LogP contribution in [0.3, 0.4) is 0 Å². The molecule has 2 rings (SSSR count). The van der Waals surface area contributed by atoms with Gasteiger partial charge >= 0.3 is 0 Å². The lowest BCUT2D eigenvalue weighted by molar-refractivity contribution is 0.0938. The van der Waals surface area contributed by atoms with Crippen LogP contribution in [0, 0.1) is 0 Å². The number of aromatic nitrogens is 1. The fourth-order valence-corrected chi connectivity index (χ4v) is 2.22. The highest BCUT2D eigenvalue weighted by atomic mass is 35.5. The Morgan fingerprint density at radius 2 is 1.79 bits per heavy atom. The number of halogens is 1.